The van der Waals surface area contributed by atoms with Crippen LogP contribution in [-0.2, 0) is 4.79 Å². The number of unbranched alkanes of at least 4 members (excludes halogenated alkanes) is 11. The number of carbonyl (C=O) groups is 1. The molecule has 0 heterocycles. The molecular formula is C22H43NO3. The summed E-state index contributed by atoms with van der Waals surface area (Å²) >= 11 is 0. The van der Waals surface area contributed by atoms with E-state index in [1.807, 2.05) is 6.08 Å². The van der Waals surface area contributed by atoms with Gasteiger partial charge in [-0.3, -0.25) is 4.79 Å². The summed E-state index contributed by atoms with van der Waals surface area (Å²) in [5.41, 5.74) is 0. The third kappa shape index (κ3) is 15.4. The molecule has 0 aliphatic rings. The fourth-order valence-electron chi connectivity index (χ4n) is 3.00. The van der Waals surface area contributed by atoms with Crippen LogP contribution in [0.15, 0.2) is 12.2 Å². The lowest BCUT2D eigenvalue weighted by Gasteiger charge is -2.19. The molecule has 2 atom stereocenters. The molecule has 0 rings (SSSR count). The Bertz CT molecular complexity index is 344. The van der Waals surface area contributed by atoms with Crippen LogP contribution in [0.25, 0.3) is 0 Å². The van der Waals surface area contributed by atoms with Gasteiger partial charge in [-0.15, -0.1) is 0 Å². The van der Waals surface area contributed by atoms with Crippen LogP contribution in [0.1, 0.15) is 104 Å². The van der Waals surface area contributed by atoms with E-state index < -0.39 is 12.1 Å². The first-order valence-corrected chi connectivity index (χ1v) is 10.9. The molecular weight excluding hydrogens is 326 g/mol. The van der Waals surface area contributed by atoms with Crippen molar-refractivity contribution in [2.75, 3.05) is 6.61 Å². The molecule has 0 radical (unpaired) electrons. The Hall–Kier alpha value is -0.870. The van der Waals surface area contributed by atoms with Gasteiger partial charge in [0.15, 0.2) is 0 Å². The highest BCUT2D eigenvalue weighted by atomic mass is 16.3. The van der Waals surface area contributed by atoms with Crippen LogP contribution in [0.2, 0.25) is 0 Å². The molecule has 0 aliphatic carbocycles. The molecule has 0 fully saturated rings. The lowest BCUT2D eigenvalue weighted by atomic mass is 10.0. The number of allylic oxidation sites excluding steroid dienone is 1. The number of aliphatic hydroxyl groups is 2. The minimum atomic E-state index is -0.826. The summed E-state index contributed by atoms with van der Waals surface area (Å²) in [7, 11) is 0. The van der Waals surface area contributed by atoms with Gasteiger partial charge < -0.3 is 15.5 Å². The number of hydrogen-bond acceptors (Lipinski definition) is 3. The molecule has 3 N–H and O–H groups in total. The number of hydrogen-bond donors (Lipinski definition) is 3. The van der Waals surface area contributed by atoms with Crippen LogP contribution in [-0.4, -0.2) is 34.9 Å². The van der Waals surface area contributed by atoms with Gasteiger partial charge in [-0.05, 0) is 12.8 Å². The van der Waals surface area contributed by atoms with E-state index in [0.29, 0.717) is 6.42 Å². The summed E-state index contributed by atoms with van der Waals surface area (Å²) in [5.74, 6) is -0.0806. The van der Waals surface area contributed by atoms with Gasteiger partial charge in [-0.2, -0.15) is 0 Å². The molecule has 0 unspecified atom stereocenters. The summed E-state index contributed by atoms with van der Waals surface area (Å²) in [5, 5.41) is 22.1. The molecule has 0 aromatic heterocycles. The minimum Gasteiger partial charge on any atom is -0.394 e. The third-order valence-electron chi connectivity index (χ3n) is 4.75. The number of amides is 1. The van der Waals surface area contributed by atoms with Gasteiger partial charge >= 0.3 is 0 Å². The molecule has 154 valence electrons. The fourth-order valence-corrected chi connectivity index (χ4v) is 3.00. The Balaban J connectivity index is 3.63. The molecule has 26 heavy (non-hydrogen) atoms. The van der Waals surface area contributed by atoms with Crippen molar-refractivity contribution < 1.29 is 15.0 Å². The first-order chi connectivity index (χ1) is 12.7. The van der Waals surface area contributed by atoms with Crippen LogP contribution in [0.4, 0.5) is 0 Å². The quantitative estimate of drug-likeness (QED) is 0.238. The molecule has 0 aliphatic heterocycles. The van der Waals surface area contributed by atoms with E-state index in [2.05, 4.69) is 19.2 Å². The molecule has 1 amide bonds. The summed E-state index contributed by atoms with van der Waals surface area (Å²) in [6.07, 6.45) is 18.9. The smallest absolute Gasteiger partial charge is 0.220 e. The summed E-state index contributed by atoms with van der Waals surface area (Å²) < 4.78 is 0. The van der Waals surface area contributed by atoms with E-state index in [0.717, 1.165) is 25.7 Å². The maximum atomic E-state index is 11.9. The van der Waals surface area contributed by atoms with Crippen LogP contribution in [0, 0.1) is 0 Å². The maximum Gasteiger partial charge on any atom is 0.220 e. The number of aliphatic hydroxyl groups excluding tert-OH is 2. The largest absolute Gasteiger partial charge is 0.394 e. The van der Waals surface area contributed by atoms with Crippen LogP contribution in [0.5, 0.6) is 0 Å². The van der Waals surface area contributed by atoms with Gasteiger partial charge in [0.1, 0.15) is 0 Å². The average Bonchev–Trinajstić information content (AvgIpc) is 2.64. The van der Waals surface area contributed by atoms with Crippen molar-refractivity contribution >= 4 is 5.91 Å². The highest BCUT2D eigenvalue weighted by molar-refractivity contribution is 5.76. The average molecular weight is 370 g/mol. The van der Waals surface area contributed by atoms with E-state index in [1.165, 1.54) is 57.8 Å². The Morgan fingerprint density at radius 2 is 1.42 bits per heavy atom. The maximum absolute atomic E-state index is 11.9. The Morgan fingerprint density at radius 1 is 0.885 bits per heavy atom. The first kappa shape index (κ1) is 25.1. The monoisotopic (exact) mass is 369 g/mol. The minimum absolute atomic E-state index is 0.0806. The zero-order valence-corrected chi connectivity index (χ0v) is 17.2. The van der Waals surface area contributed by atoms with Crippen LogP contribution in [0.3, 0.4) is 0 Å². The van der Waals surface area contributed by atoms with Crippen LogP contribution < -0.4 is 5.32 Å². The fraction of sp³-hybridized carbons (Fsp3) is 0.864. The molecule has 0 saturated heterocycles. The van der Waals surface area contributed by atoms with Crippen molar-refractivity contribution in [3.8, 4) is 0 Å². The molecule has 0 saturated carbocycles. The van der Waals surface area contributed by atoms with Gasteiger partial charge in [0, 0.05) is 6.42 Å². The molecule has 0 aromatic rings. The van der Waals surface area contributed by atoms with E-state index >= 15 is 0 Å². The first-order valence-electron chi connectivity index (χ1n) is 10.9. The van der Waals surface area contributed by atoms with E-state index in [1.54, 1.807) is 6.08 Å². The van der Waals surface area contributed by atoms with E-state index in [4.69, 9.17) is 0 Å². The number of carbonyl (C=O) groups excluding carboxylic acids is 1. The van der Waals surface area contributed by atoms with Crippen molar-refractivity contribution in [3.05, 3.63) is 12.2 Å². The molecule has 0 aromatic carbocycles. The van der Waals surface area contributed by atoms with Crippen molar-refractivity contribution in [1.29, 1.82) is 0 Å². The lowest BCUT2D eigenvalue weighted by molar-refractivity contribution is -0.123. The Morgan fingerprint density at radius 3 is 1.92 bits per heavy atom. The zero-order chi connectivity index (χ0) is 19.5. The topological polar surface area (TPSA) is 69.6 Å². The molecule has 0 bridgehead atoms. The van der Waals surface area contributed by atoms with Gasteiger partial charge in [0.2, 0.25) is 5.91 Å². The predicted molar refractivity (Wildman–Crippen MR) is 110 cm³/mol. The van der Waals surface area contributed by atoms with E-state index in [-0.39, 0.29) is 12.5 Å². The normalized spacial score (nSPS) is 13.8. The number of rotatable bonds is 18. The zero-order valence-electron chi connectivity index (χ0n) is 17.2. The van der Waals surface area contributed by atoms with Crippen molar-refractivity contribution in [3.63, 3.8) is 0 Å². The molecule has 0 spiro atoms. The summed E-state index contributed by atoms with van der Waals surface area (Å²) in [4.78, 5) is 11.9. The van der Waals surface area contributed by atoms with Gasteiger partial charge in [-0.25, -0.2) is 0 Å². The highest BCUT2D eigenvalue weighted by Crippen LogP contribution is 2.12. The van der Waals surface area contributed by atoms with Crippen molar-refractivity contribution in [1.82, 2.24) is 5.32 Å². The summed E-state index contributed by atoms with van der Waals surface area (Å²) in [6.45, 7) is 4.06. The Labute approximate surface area is 161 Å². The summed E-state index contributed by atoms with van der Waals surface area (Å²) in [6, 6.07) is -0.608. The van der Waals surface area contributed by atoms with E-state index in [9.17, 15) is 15.0 Å². The predicted octanol–water partition coefficient (Wildman–Crippen LogP) is 4.88. The van der Waals surface area contributed by atoms with Gasteiger partial charge in [-0.1, -0.05) is 96.6 Å². The van der Waals surface area contributed by atoms with Gasteiger partial charge in [0.25, 0.3) is 0 Å². The van der Waals surface area contributed by atoms with Crippen LogP contribution >= 0.6 is 0 Å². The Kier molecular flexibility index (Phi) is 18.3. The van der Waals surface area contributed by atoms with Crippen molar-refractivity contribution in [2.45, 2.75) is 116 Å². The SMILES string of the molecule is CCC/C=C/[C@@H](O)[C@H](CO)NC(=O)CCCCCCCCCCCCC. The lowest BCUT2D eigenvalue weighted by Crippen LogP contribution is -2.45. The third-order valence-corrected chi connectivity index (χ3v) is 4.75. The standard InChI is InChI=1S/C22H43NO3/c1-3-5-7-8-9-10-11-12-13-14-16-18-22(26)23-20(19-24)21(25)17-15-6-4-2/h15,17,20-21,24-25H,3-14,16,18-19H2,1-2H3,(H,23,26)/b17-15+/t20-,21+/m0/s1. The highest BCUT2D eigenvalue weighted by Gasteiger charge is 2.17. The van der Waals surface area contributed by atoms with Crippen molar-refractivity contribution in [2.24, 2.45) is 0 Å². The molecule has 4 heteroatoms. The van der Waals surface area contributed by atoms with Gasteiger partial charge in [0.05, 0.1) is 18.8 Å². The second kappa shape index (κ2) is 18.9. The number of nitrogens with one attached hydrogen (secondary N) is 1. The molecule has 4 nitrogen and oxygen atoms in total. The second-order valence-corrected chi connectivity index (χ2v) is 7.35. The second-order valence-electron chi connectivity index (χ2n) is 7.35.